The van der Waals surface area contributed by atoms with Crippen molar-refractivity contribution >= 4 is 17.5 Å². The molecule has 4 N–H and O–H groups in total. The largest absolute Gasteiger partial charge is 0.399 e. The zero-order valence-corrected chi connectivity index (χ0v) is 8.71. The summed E-state index contributed by atoms with van der Waals surface area (Å²) in [6, 6.07) is 3.49. The van der Waals surface area contributed by atoms with E-state index in [1.54, 1.807) is 0 Å². The van der Waals surface area contributed by atoms with Gasteiger partial charge in [-0.1, -0.05) is 0 Å². The fraction of sp³-hybridized carbons (Fsp3) is 0.200. The Hall–Kier alpha value is -2.11. The quantitative estimate of drug-likeness (QED) is 0.627. The minimum atomic E-state index is -0.593. The van der Waals surface area contributed by atoms with Crippen LogP contribution in [0.2, 0.25) is 0 Å². The number of nitrogens with one attached hydrogen (secondary N) is 2. The van der Waals surface area contributed by atoms with Crippen LogP contribution in [0.15, 0.2) is 18.2 Å². The maximum atomic E-state index is 12.9. The topological polar surface area (TPSA) is 84.2 Å². The van der Waals surface area contributed by atoms with Crippen molar-refractivity contribution in [3.8, 4) is 0 Å². The van der Waals surface area contributed by atoms with Crippen LogP contribution in [0.3, 0.4) is 0 Å². The van der Waals surface area contributed by atoms with Crippen LogP contribution in [0.25, 0.3) is 0 Å². The van der Waals surface area contributed by atoms with Crippen LogP contribution in [0.4, 0.5) is 10.1 Å². The van der Waals surface area contributed by atoms with Gasteiger partial charge in [0.25, 0.3) is 5.91 Å². The highest BCUT2D eigenvalue weighted by atomic mass is 19.1. The monoisotopic (exact) mass is 225 g/mol. The molecule has 0 aliphatic rings. The van der Waals surface area contributed by atoms with Gasteiger partial charge in [0.1, 0.15) is 5.82 Å². The zero-order chi connectivity index (χ0) is 12.1. The summed E-state index contributed by atoms with van der Waals surface area (Å²) in [5, 5.41) is 4.67. The molecule has 0 aromatic heterocycles. The molecule has 1 rings (SSSR count). The first kappa shape index (κ1) is 12.0. The van der Waals surface area contributed by atoms with Crippen molar-refractivity contribution < 1.29 is 14.0 Å². The first-order valence-electron chi connectivity index (χ1n) is 4.58. The summed E-state index contributed by atoms with van der Waals surface area (Å²) in [6.07, 6.45) is 0. The lowest BCUT2D eigenvalue weighted by Gasteiger charge is -2.05. The number of amides is 2. The van der Waals surface area contributed by atoms with Gasteiger partial charge >= 0.3 is 0 Å². The van der Waals surface area contributed by atoms with Crippen LogP contribution in [-0.4, -0.2) is 25.4 Å². The van der Waals surface area contributed by atoms with Crippen LogP contribution in [0, 0.1) is 5.82 Å². The Kier molecular flexibility index (Phi) is 3.82. The lowest BCUT2D eigenvalue weighted by Crippen LogP contribution is -2.35. The molecule has 6 heteroatoms. The average molecular weight is 225 g/mol. The van der Waals surface area contributed by atoms with Crippen molar-refractivity contribution in [2.45, 2.75) is 0 Å². The maximum Gasteiger partial charge on any atom is 0.251 e. The van der Waals surface area contributed by atoms with E-state index in [4.69, 9.17) is 5.73 Å². The van der Waals surface area contributed by atoms with Crippen molar-refractivity contribution in [1.29, 1.82) is 0 Å². The molecule has 1 aromatic carbocycles. The van der Waals surface area contributed by atoms with Gasteiger partial charge in [-0.05, 0) is 18.2 Å². The van der Waals surface area contributed by atoms with E-state index in [0.29, 0.717) is 0 Å². The fourth-order valence-corrected chi connectivity index (χ4v) is 1.09. The average Bonchev–Trinajstić information content (AvgIpc) is 2.23. The van der Waals surface area contributed by atoms with Gasteiger partial charge in [0.05, 0.1) is 6.54 Å². The summed E-state index contributed by atoms with van der Waals surface area (Å²) in [7, 11) is 1.45. The van der Waals surface area contributed by atoms with Gasteiger partial charge in [-0.15, -0.1) is 0 Å². The molecular weight excluding hydrogens is 213 g/mol. The normalized spacial score (nSPS) is 9.62. The first-order chi connectivity index (χ1) is 7.52. The Balaban J connectivity index is 2.69. The minimum Gasteiger partial charge on any atom is -0.399 e. The lowest BCUT2D eigenvalue weighted by molar-refractivity contribution is -0.119. The number of carbonyl (C=O) groups excluding carboxylic acids is 2. The number of benzene rings is 1. The van der Waals surface area contributed by atoms with Crippen LogP contribution < -0.4 is 16.4 Å². The first-order valence-corrected chi connectivity index (χ1v) is 4.58. The van der Waals surface area contributed by atoms with Gasteiger partial charge in [-0.3, -0.25) is 9.59 Å². The van der Waals surface area contributed by atoms with E-state index < -0.39 is 11.7 Å². The highest BCUT2D eigenvalue weighted by molar-refractivity contribution is 5.97. The lowest BCUT2D eigenvalue weighted by atomic mass is 10.2. The van der Waals surface area contributed by atoms with E-state index in [-0.39, 0.29) is 23.7 Å². The van der Waals surface area contributed by atoms with Gasteiger partial charge in [-0.25, -0.2) is 4.39 Å². The standard InChI is InChI=1S/C10H12FN3O2/c1-13-9(15)5-14-10(16)6-2-7(11)4-8(12)3-6/h2-4H,5,12H2,1H3,(H,13,15)(H,14,16). The predicted molar refractivity (Wildman–Crippen MR) is 57.2 cm³/mol. The van der Waals surface area contributed by atoms with Crippen LogP contribution >= 0.6 is 0 Å². The summed E-state index contributed by atoms with van der Waals surface area (Å²) < 4.78 is 12.9. The number of anilines is 1. The Morgan fingerprint density at radius 1 is 1.38 bits per heavy atom. The van der Waals surface area contributed by atoms with Crippen molar-refractivity contribution in [3.05, 3.63) is 29.6 Å². The molecule has 0 fully saturated rings. The summed E-state index contributed by atoms with van der Waals surface area (Å²) in [4.78, 5) is 22.3. The highest BCUT2D eigenvalue weighted by Gasteiger charge is 2.08. The van der Waals surface area contributed by atoms with Crippen molar-refractivity contribution in [2.24, 2.45) is 0 Å². The Bertz CT molecular complexity index is 400. The third kappa shape index (κ3) is 3.23. The second kappa shape index (κ2) is 5.11. The van der Waals surface area contributed by atoms with Crippen molar-refractivity contribution in [2.75, 3.05) is 19.3 Å². The number of carbonyl (C=O) groups is 2. The molecule has 0 saturated heterocycles. The molecule has 5 nitrogen and oxygen atoms in total. The predicted octanol–water partition coefficient (Wildman–Crippen LogP) is -0.116. The Labute approximate surface area is 91.8 Å². The summed E-state index contributed by atoms with van der Waals surface area (Å²) in [5.74, 6) is -1.47. The number of rotatable bonds is 3. The molecule has 2 amide bonds. The van der Waals surface area contributed by atoms with Crippen LogP contribution in [-0.2, 0) is 4.79 Å². The number of likely N-dealkylation sites (N-methyl/N-ethyl adjacent to an activating group) is 1. The Morgan fingerprint density at radius 3 is 2.62 bits per heavy atom. The van der Waals surface area contributed by atoms with Crippen LogP contribution in [0.5, 0.6) is 0 Å². The third-order valence-corrected chi connectivity index (χ3v) is 1.87. The minimum absolute atomic E-state index is 0.0846. The molecule has 0 aliphatic carbocycles. The number of nitrogens with two attached hydrogens (primary N) is 1. The van der Waals surface area contributed by atoms with Gasteiger partial charge < -0.3 is 16.4 Å². The van der Waals surface area contributed by atoms with Gasteiger partial charge in [0.15, 0.2) is 0 Å². The fourth-order valence-electron chi connectivity index (χ4n) is 1.09. The van der Waals surface area contributed by atoms with Gasteiger partial charge in [0, 0.05) is 18.3 Å². The molecule has 0 heterocycles. The summed E-state index contributed by atoms with van der Waals surface area (Å²) in [6.45, 7) is -0.161. The molecule has 16 heavy (non-hydrogen) atoms. The van der Waals surface area contributed by atoms with E-state index in [1.165, 1.54) is 13.1 Å². The summed E-state index contributed by atoms with van der Waals surface area (Å²) in [5.41, 5.74) is 5.62. The van der Waals surface area contributed by atoms with Crippen LogP contribution in [0.1, 0.15) is 10.4 Å². The number of halogens is 1. The van der Waals surface area contributed by atoms with Gasteiger partial charge in [0.2, 0.25) is 5.91 Å². The third-order valence-electron chi connectivity index (χ3n) is 1.87. The SMILES string of the molecule is CNC(=O)CNC(=O)c1cc(N)cc(F)c1. The zero-order valence-electron chi connectivity index (χ0n) is 8.71. The van der Waals surface area contributed by atoms with E-state index >= 15 is 0 Å². The molecule has 86 valence electrons. The summed E-state index contributed by atoms with van der Waals surface area (Å²) >= 11 is 0. The molecule has 0 bridgehead atoms. The second-order valence-corrected chi connectivity index (χ2v) is 3.13. The van der Waals surface area contributed by atoms with E-state index in [1.807, 2.05) is 0 Å². The van der Waals surface area contributed by atoms with Gasteiger partial charge in [-0.2, -0.15) is 0 Å². The molecular formula is C10H12FN3O2. The number of hydrogen-bond acceptors (Lipinski definition) is 3. The second-order valence-electron chi connectivity index (χ2n) is 3.13. The molecule has 0 atom stereocenters. The van der Waals surface area contributed by atoms with E-state index in [9.17, 15) is 14.0 Å². The molecule has 0 radical (unpaired) electrons. The molecule has 0 aliphatic heterocycles. The van der Waals surface area contributed by atoms with E-state index in [2.05, 4.69) is 10.6 Å². The number of hydrogen-bond donors (Lipinski definition) is 3. The molecule has 0 saturated carbocycles. The molecule has 1 aromatic rings. The Morgan fingerprint density at radius 2 is 2.06 bits per heavy atom. The smallest absolute Gasteiger partial charge is 0.251 e. The van der Waals surface area contributed by atoms with E-state index in [0.717, 1.165) is 12.1 Å². The highest BCUT2D eigenvalue weighted by Crippen LogP contribution is 2.10. The molecule has 0 unspecified atom stereocenters. The van der Waals surface area contributed by atoms with Crippen molar-refractivity contribution in [3.63, 3.8) is 0 Å². The van der Waals surface area contributed by atoms with Crippen molar-refractivity contribution in [1.82, 2.24) is 10.6 Å². The maximum absolute atomic E-state index is 12.9. The molecule has 0 spiro atoms. The number of nitrogen functional groups attached to an aromatic ring is 1.